The number of carboxylic acids is 2. The Morgan fingerprint density at radius 2 is 0.919 bits per heavy atom. The third-order valence-electron chi connectivity index (χ3n) is 3.30. The molecule has 0 heterocycles. The van der Waals surface area contributed by atoms with Crippen molar-refractivity contribution >= 4 is 80.2 Å². The van der Waals surface area contributed by atoms with Crippen LogP contribution in [-0.4, -0.2) is 127 Å². The maximum Gasteiger partial charge on any atom is 0.386 e. The number of aliphatic hydroxyl groups is 1. The van der Waals surface area contributed by atoms with Crippen LogP contribution in [0.4, 0.5) is 17.6 Å². The number of carbonyl (C=O) groups is 5. The van der Waals surface area contributed by atoms with Crippen molar-refractivity contribution in [1.82, 2.24) is 4.90 Å². The van der Waals surface area contributed by atoms with Crippen LogP contribution in [0.5, 0.6) is 0 Å². The Morgan fingerprint density at radius 1 is 0.824 bits per heavy atom. The number of unbranched alkanes of at least 4 members (excludes halogenated alkanes) is 3. The van der Waals surface area contributed by atoms with Gasteiger partial charge < -0.3 is 35.5 Å². The van der Waals surface area contributed by atoms with Crippen LogP contribution < -0.4 is 5.73 Å². The zero-order valence-corrected chi connectivity index (χ0v) is 57.7. The van der Waals surface area contributed by atoms with Gasteiger partial charge in [-0.2, -0.15) is 13.2 Å². The summed E-state index contributed by atoms with van der Waals surface area (Å²) in [5, 5.41) is 31.5. The molecule has 0 spiro atoms. The van der Waals surface area contributed by atoms with Crippen LogP contribution in [0.15, 0.2) is 0 Å². The second kappa shape index (κ2) is 157. The van der Waals surface area contributed by atoms with Crippen molar-refractivity contribution in [2.24, 2.45) is 23.0 Å². The molecular formula is C53H130BrClF4IN3O11. The number of hydrogen-bond donors (Lipinski definition) is 4. The van der Waals surface area contributed by atoms with Crippen molar-refractivity contribution in [3.8, 4) is 0 Å². The van der Waals surface area contributed by atoms with Crippen molar-refractivity contribution in [2.75, 3.05) is 65.7 Å². The molecule has 1 aliphatic carbocycles. The normalized spacial score (nSPS) is 8.19. The number of methoxy groups -OCH3 is 1. The molecule has 74 heavy (non-hydrogen) atoms. The van der Waals surface area contributed by atoms with Gasteiger partial charge in [0.2, 0.25) is 5.91 Å². The molecule has 0 aromatic rings. The van der Waals surface area contributed by atoms with Crippen LogP contribution in [0.1, 0.15) is 231 Å². The van der Waals surface area contributed by atoms with E-state index in [1.54, 1.807) is 13.8 Å². The summed E-state index contributed by atoms with van der Waals surface area (Å²) in [7, 11) is 6.85. The minimum absolute atomic E-state index is 0. The van der Waals surface area contributed by atoms with Crippen LogP contribution in [0, 0.1) is 27.4 Å². The van der Waals surface area contributed by atoms with Gasteiger partial charge in [0.1, 0.15) is 6.29 Å². The van der Waals surface area contributed by atoms with Gasteiger partial charge in [-0.25, -0.2) is 0 Å². The molecule has 1 saturated carbocycles. The SMILES string of the molecule is C.CBr.CC.CC(=O)O.CC(C)(C)C.CC(C)C.CC(F)(F)F.CC(N)=O.CC1CC1.CC=O.CCC.CCC(=O)O.CCCC.CCCCC.CCN(C)C.CCO.CCl.CF.CI.COC(C)=O.C[N+](=O)[O-]. The first kappa shape index (κ1) is 134. The minimum Gasteiger partial charge on any atom is -0.481 e. The summed E-state index contributed by atoms with van der Waals surface area (Å²) in [6.45, 7) is 46.7. The van der Waals surface area contributed by atoms with Crippen molar-refractivity contribution < 1.29 is 66.5 Å². The number of aldehydes is 1. The van der Waals surface area contributed by atoms with Gasteiger partial charge in [0.15, 0.2) is 7.05 Å². The number of carboxylic acid groups (broad SMARTS) is 2. The summed E-state index contributed by atoms with van der Waals surface area (Å²) < 4.78 is 44.7. The maximum atomic E-state index is 10.4. The number of rotatable bonds is 5. The van der Waals surface area contributed by atoms with Crippen molar-refractivity contribution in [3.05, 3.63) is 10.1 Å². The lowest BCUT2D eigenvalue weighted by atomic mass is 10.0. The van der Waals surface area contributed by atoms with Crippen LogP contribution in [-0.2, 0) is 28.7 Å². The van der Waals surface area contributed by atoms with E-state index in [1.807, 2.05) is 24.6 Å². The number of aliphatic hydroxyl groups excluding tert-OH is 1. The largest absolute Gasteiger partial charge is 0.481 e. The number of aliphatic carboxylic acids is 2. The number of amides is 1. The van der Waals surface area contributed by atoms with Crippen LogP contribution >= 0.6 is 50.1 Å². The molecule has 1 fully saturated rings. The topological polar surface area (TPSA) is 228 Å². The monoisotopic (exact) mass is 1300 g/mol. The summed E-state index contributed by atoms with van der Waals surface area (Å²) in [5.74, 6) is 1.57. The fourth-order valence-electron chi connectivity index (χ4n) is 0.520. The summed E-state index contributed by atoms with van der Waals surface area (Å²) in [5.41, 5.74) is 4.97. The van der Waals surface area contributed by atoms with Gasteiger partial charge in [0, 0.05) is 52.0 Å². The predicted octanol–water partition coefficient (Wildman–Crippen LogP) is 18.2. The molecule has 21 heteroatoms. The molecule has 1 amide bonds. The van der Waals surface area contributed by atoms with Crippen LogP contribution in [0.2, 0.25) is 0 Å². The van der Waals surface area contributed by atoms with E-state index in [4.69, 9.17) is 35.0 Å². The van der Waals surface area contributed by atoms with E-state index in [0.717, 1.165) is 38.6 Å². The first-order chi connectivity index (χ1) is 33.2. The van der Waals surface area contributed by atoms with E-state index >= 15 is 0 Å². The highest BCUT2D eigenvalue weighted by molar-refractivity contribution is 14.1. The quantitative estimate of drug-likeness (QED) is 0.0383. The van der Waals surface area contributed by atoms with Crippen LogP contribution in [0.3, 0.4) is 0 Å². The second-order valence-corrected chi connectivity index (χ2v) is 15.2. The Labute approximate surface area is 485 Å². The van der Waals surface area contributed by atoms with Gasteiger partial charge in [-0.3, -0.25) is 33.7 Å². The number of nitrogens with zero attached hydrogens (tertiary/aromatic N) is 2. The molecule has 0 aromatic heterocycles. The number of alkyl halides is 7. The average Bonchev–Trinajstić information content (AvgIpc) is 4.06. The molecule has 14 nitrogen and oxygen atoms in total. The first-order valence-corrected chi connectivity index (χ1v) is 28.7. The van der Waals surface area contributed by atoms with Gasteiger partial charge >= 0.3 is 18.1 Å². The number of nitrogens with two attached hydrogens (primary N) is 1. The predicted molar refractivity (Wildman–Crippen MR) is 335 cm³/mol. The Kier molecular flexibility index (Phi) is 286. The summed E-state index contributed by atoms with van der Waals surface area (Å²) in [4.78, 5) is 58.4. The Morgan fingerprint density at radius 3 is 0.919 bits per heavy atom. The number of halogens is 7. The zero-order chi connectivity index (χ0) is 64.8. The number of ether oxygens (including phenoxy) is 1. The molecule has 5 N–H and O–H groups in total. The van der Waals surface area contributed by atoms with E-state index in [9.17, 15) is 31.9 Å². The van der Waals surface area contributed by atoms with Gasteiger partial charge in [0.25, 0.3) is 5.97 Å². The molecule has 0 aliphatic heterocycles. The number of primary amides is 1. The van der Waals surface area contributed by atoms with Crippen molar-refractivity contribution in [3.63, 3.8) is 0 Å². The summed E-state index contributed by atoms with van der Waals surface area (Å²) in [6.07, 6.45) is 9.38. The molecule has 0 radical (unpaired) electrons. The third kappa shape index (κ3) is 3290. The molecule has 0 atom stereocenters. The summed E-state index contributed by atoms with van der Waals surface area (Å²) >= 11 is 9.73. The van der Waals surface area contributed by atoms with E-state index in [2.05, 4.69) is 183 Å². The molecule has 0 aromatic carbocycles. The van der Waals surface area contributed by atoms with Gasteiger partial charge in [0.05, 0.1) is 14.3 Å². The van der Waals surface area contributed by atoms with E-state index in [-0.39, 0.29) is 39.3 Å². The van der Waals surface area contributed by atoms with E-state index in [0.29, 0.717) is 12.6 Å². The lowest BCUT2D eigenvalue weighted by Gasteiger charge is -2.05. The Hall–Kier alpha value is -1.91. The zero-order valence-electron chi connectivity index (χ0n) is 53.2. The highest BCUT2D eigenvalue weighted by Gasteiger charge is 2.15. The molecule has 472 valence electrons. The van der Waals surface area contributed by atoms with E-state index in [1.165, 1.54) is 85.6 Å². The van der Waals surface area contributed by atoms with Crippen molar-refractivity contribution in [1.29, 1.82) is 0 Å². The highest BCUT2D eigenvalue weighted by atomic mass is 127. The molecule has 0 saturated heterocycles. The number of hydrogen-bond acceptors (Lipinski definition) is 10. The fraction of sp³-hybridized carbons (Fsp3) is 0.906. The molecule has 1 aliphatic rings. The second-order valence-electron chi connectivity index (χ2n) is 15.2. The lowest BCUT2D eigenvalue weighted by molar-refractivity contribution is -0.445. The van der Waals surface area contributed by atoms with E-state index < -0.39 is 23.0 Å². The molecule has 0 bridgehead atoms. The lowest BCUT2D eigenvalue weighted by Crippen LogP contribution is -2.08. The van der Waals surface area contributed by atoms with Gasteiger partial charge in [-0.1, -0.05) is 222 Å². The first-order valence-electron chi connectivity index (χ1n) is 24.2. The molecule has 1 rings (SSSR count). The van der Waals surface area contributed by atoms with Gasteiger partial charge in [-0.05, 0) is 62.5 Å². The average molecular weight is 1300 g/mol. The van der Waals surface area contributed by atoms with Crippen LogP contribution in [0.25, 0.3) is 0 Å². The number of esters is 1. The fourth-order valence-corrected chi connectivity index (χ4v) is 0.520. The molecular weight excluding hydrogens is 1170 g/mol. The number of nitro groups is 1. The smallest absolute Gasteiger partial charge is 0.386 e. The third-order valence-corrected chi connectivity index (χ3v) is 3.30. The highest BCUT2D eigenvalue weighted by Crippen LogP contribution is 2.26. The van der Waals surface area contributed by atoms with Crippen molar-refractivity contribution in [2.45, 2.75) is 238 Å². The Balaban J connectivity index is -0.0000000232. The standard InChI is InChI=1S/2C5H12.C4H11N.C4H8.2C4H10.2C3H6O2.C3H8.C2H3F3.C2H5NO.C2H4O2.C2H6O.C2H4O.C2H6.CH3Br.CH3Cl.CH3F.CH3I.CH3NO2.CH4/c1-5(2,3)4;1-3-5-4-2;1-4-5(2)3;1-4-2-3-4;1-4(2)3;1-3-4-2;1-3(4)5-2;1-2-3(4)5;1-3-2;1-2(3,4)5;2*1-2(3)4;2*1-2-3;5*1-2;1-2(3)4;/h1-4H3;3-5H2,1-2H3;4H2,1-3H3;4H,2-3H2,1H3;4H,1-3H3;3-4H2,1-2H3;1-2H3;2H2,1H3,(H,4,5);3H2,1-2H3;1H3;1H3,(H2,3,4);1H3,(H,3,4);3H,2H2,1H3;2H,1H3;1-2H3;4*1H3;1H3;1H4. The minimum atomic E-state index is -4.00. The maximum absolute atomic E-state index is 10.4. The number of carbonyl (C=O) groups excluding carboxylic acids is 3. The van der Waals surface area contributed by atoms with Gasteiger partial charge in [-0.15, -0.1) is 11.6 Å². The molecule has 0 unspecified atom stereocenters. The Bertz CT molecular complexity index is 767. The summed E-state index contributed by atoms with van der Waals surface area (Å²) in [6, 6.07) is 0.